The van der Waals surface area contributed by atoms with Crippen molar-refractivity contribution in [2.24, 2.45) is 0 Å². The average molecular weight is 236 g/mol. The van der Waals surface area contributed by atoms with Gasteiger partial charge in [0.1, 0.15) is 18.0 Å². The third-order valence-electron chi connectivity index (χ3n) is 3.31. The molecule has 0 aromatic carbocycles. The van der Waals surface area contributed by atoms with Gasteiger partial charge in [-0.15, -0.1) is 0 Å². The number of aromatic nitrogens is 2. The Morgan fingerprint density at radius 1 is 1.41 bits per heavy atom. The first-order chi connectivity index (χ1) is 8.35. The first kappa shape index (κ1) is 12.1. The number of rotatable bonds is 5. The van der Waals surface area contributed by atoms with Crippen molar-refractivity contribution in [2.75, 3.05) is 30.4 Å². The van der Waals surface area contributed by atoms with Crippen LogP contribution in [-0.4, -0.2) is 41.3 Å². The van der Waals surface area contributed by atoms with E-state index in [2.05, 4.69) is 20.2 Å². The molecule has 1 aromatic heterocycles. The Morgan fingerprint density at radius 2 is 2.18 bits per heavy atom. The predicted molar refractivity (Wildman–Crippen MR) is 68.3 cm³/mol. The summed E-state index contributed by atoms with van der Waals surface area (Å²) in [5, 5.41) is 12.2. The van der Waals surface area contributed by atoms with E-state index < -0.39 is 0 Å². The third-order valence-corrected chi connectivity index (χ3v) is 3.31. The molecule has 1 aromatic rings. The summed E-state index contributed by atoms with van der Waals surface area (Å²) in [6.45, 7) is 0.806. The molecule has 1 saturated carbocycles. The summed E-state index contributed by atoms with van der Waals surface area (Å²) in [4.78, 5) is 10.6. The maximum absolute atomic E-state index is 9.18. The van der Waals surface area contributed by atoms with Crippen LogP contribution in [-0.2, 0) is 0 Å². The minimum Gasteiger partial charge on any atom is -0.395 e. The average Bonchev–Trinajstić information content (AvgIpc) is 2.89. The molecule has 0 amide bonds. The van der Waals surface area contributed by atoms with Gasteiger partial charge in [-0.05, 0) is 12.8 Å². The molecule has 5 heteroatoms. The minimum absolute atomic E-state index is 0.162. The fourth-order valence-electron chi connectivity index (χ4n) is 2.45. The van der Waals surface area contributed by atoms with Crippen molar-refractivity contribution >= 4 is 11.6 Å². The highest BCUT2D eigenvalue weighted by Gasteiger charge is 2.23. The van der Waals surface area contributed by atoms with Gasteiger partial charge in [0.15, 0.2) is 0 Å². The SMILES string of the molecule is CNc1cc(N(CCO)C2CCCC2)ncn1. The van der Waals surface area contributed by atoms with Crippen molar-refractivity contribution in [3.63, 3.8) is 0 Å². The van der Waals surface area contributed by atoms with E-state index in [4.69, 9.17) is 0 Å². The van der Waals surface area contributed by atoms with Crippen LogP contribution in [0, 0.1) is 0 Å². The Balaban J connectivity index is 2.18. The standard InChI is InChI=1S/C12H20N4O/c1-13-11-8-12(15-9-14-11)16(6-7-17)10-4-2-3-5-10/h8-10,17H,2-7H2,1H3,(H,13,14,15). The lowest BCUT2D eigenvalue weighted by atomic mass is 10.2. The smallest absolute Gasteiger partial charge is 0.134 e. The highest BCUT2D eigenvalue weighted by Crippen LogP contribution is 2.27. The second-order valence-electron chi connectivity index (χ2n) is 4.37. The molecule has 1 aliphatic carbocycles. The van der Waals surface area contributed by atoms with E-state index in [1.165, 1.54) is 25.7 Å². The van der Waals surface area contributed by atoms with Gasteiger partial charge < -0.3 is 15.3 Å². The van der Waals surface area contributed by atoms with Gasteiger partial charge in [0, 0.05) is 25.7 Å². The first-order valence-corrected chi connectivity index (χ1v) is 6.22. The molecule has 94 valence electrons. The number of hydrogen-bond acceptors (Lipinski definition) is 5. The van der Waals surface area contributed by atoms with E-state index in [1.54, 1.807) is 6.33 Å². The summed E-state index contributed by atoms with van der Waals surface area (Å²) in [5.74, 6) is 1.72. The van der Waals surface area contributed by atoms with Crippen molar-refractivity contribution in [2.45, 2.75) is 31.7 Å². The predicted octanol–water partition coefficient (Wildman–Crippen LogP) is 1.26. The Kier molecular flexibility index (Phi) is 4.14. The lowest BCUT2D eigenvalue weighted by molar-refractivity contribution is 0.297. The fourth-order valence-corrected chi connectivity index (χ4v) is 2.45. The van der Waals surface area contributed by atoms with Gasteiger partial charge in [-0.2, -0.15) is 0 Å². The molecule has 0 radical (unpaired) electrons. The monoisotopic (exact) mass is 236 g/mol. The molecule has 0 aliphatic heterocycles. The van der Waals surface area contributed by atoms with Crippen molar-refractivity contribution < 1.29 is 5.11 Å². The Morgan fingerprint density at radius 3 is 2.82 bits per heavy atom. The molecular weight excluding hydrogens is 216 g/mol. The number of nitrogens with zero attached hydrogens (tertiary/aromatic N) is 3. The number of aliphatic hydroxyl groups excluding tert-OH is 1. The fraction of sp³-hybridized carbons (Fsp3) is 0.667. The van der Waals surface area contributed by atoms with E-state index in [0.29, 0.717) is 12.6 Å². The van der Waals surface area contributed by atoms with Gasteiger partial charge in [-0.1, -0.05) is 12.8 Å². The Hall–Kier alpha value is -1.36. The highest BCUT2D eigenvalue weighted by molar-refractivity contribution is 5.48. The van der Waals surface area contributed by atoms with E-state index in [9.17, 15) is 5.11 Å². The second-order valence-corrected chi connectivity index (χ2v) is 4.37. The number of anilines is 2. The maximum Gasteiger partial charge on any atom is 0.134 e. The van der Waals surface area contributed by atoms with Crippen LogP contribution in [0.3, 0.4) is 0 Å². The first-order valence-electron chi connectivity index (χ1n) is 6.22. The van der Waals surface area contributed by atoms with Gasteiger partial charge in [-0.25, -0.2) is 9.97 Å². The summed E-state index contributed by atoms with van der Waals surface area (Å²) in [6, 6.07) is 2.45. The number of nitrogens with one attached hydrogen (secondary N) is 1. The molecule has 0 unspecified atom stereocenters. The van der Waals surface area contributed by atoms with Crippen molar-refractivity contribution in [1.29, 1.82) is 0 Å². The summed E-state index contributed by atoms with van der Waals surface area (Å²) >= 11 is 0. The largest absolute Gasteiger partial charge is 0.395 e. The molecule has 1 fully saturated rings. The molecule has 1 heterocycles. The molecule has 0 saturated heterocycles. The molecule has 2 N–H and O–H groups in total. The molecule has 1 aliphatic rings. The highest BCUT2D eigenvalue weighted by atomic mass is 16.3. The van der Waals surface area contributed by atoms with E-state index in [1.807, 2.05) is 13.1 Å². The van der Waals surface area contributed by atoms with Gasteiger partial charge in [0.2, 0.25) is 0 Å². The van der Waals surface area contributed by atoms with E-state index in [0.717, 1.165) is 11.6 Å². The maximum atomic E-state index is 9.18. The summed E-state index contributed by atoms with van der Waals surface area (Å²) < 4.78 is 0. The topological polar surface area (TPSA) is 61.3 Å². The van der Waals surface area contributed by atoms with Crippen molar-refractivity contribution in [3.8, 4) is 0 Å². The number of hydrogen-bond donors (Lipinski definition) is 2. The van der Waals surface area contributed by atoms with Crippen molar-refractivity contribution in [1.82, 2.24) is 9.97 Å². The number of aliphatic hydroxyl groups is 1. The van der Waals surface area contributed by atoms with Crippen LogP contribution >= 0.6 is 0 Å². The van der Waals surface area contributed by atoms with Crippen LogP contribution in [0.25, 0.3) is 0 Å². The zero-order valence-corrected chi connectivity index (χ0v) is 10.3. The summed E-state index contributed by atoms with van der Waals surface area (Å²) in [7, 11) is 1.85. The Labute approximate surface area is 102 Å². The van der Waals surface area contributed by atoms with Gasteiger partial charge in [0.05, 0.1) is 6.61 Å². The van der Waals surface area contributed by atoms with Gasteiger partial charge in [-0.3, -0.25) is 0 Å². The molecule has 0 spiro atoms. The van der Waals surface area contributed by atoms with Crippen LogP contribution in [0.15, 0.2) is 12.4 Å². The van der Waals surface area contributed by atoms with Crippen LogP contribution in [0.5, 0.6) is 0 Å². The molecule has 5 nitrogen and oxygen atoms in total. The van der Waals surface area contributed by atoms with Crippen LogP contribution in [0.2, 0.25) is 0 Å². The van der Waals surface area contributed by atoms with Gasteiger partial charge >= 0.3 is 0 Å². The lowest BCUT2D eigenvalue weighted by Crippen LogP contribution is -2.36. The molecule has 0 bridgehead atoms. The summed E-state index contributed by atoms with van der Waals surface area (Å²) in [5.41, 5.74) is 0. The van der Waals surface area contributed by atoms with E-state index in [-0.39, 0.29) is 6.61 Å². The molecular formula is C12H20N4O. The minimum atomic E-state index is 0.162. The van der Waals surface area contributed by atoms with Crippen LogP contribution in [0.1, 0.15) is 25.7 Å². The molecule has 17 heavy (non-hydrogen) atoms. The second kappa shape index (κ2) is 5.82. The lowest BCUT2D eigenvalue weighted by Gasteiger charge is -2.29. The quantitative estimate of drug-likeness (QED) is 0.806. The van der Waals surface area contributed by atoms with Crippen molar-refractivity contribution in [3.05, 3.63) is 12.4 Å². The zero-order chi connectivity index (χ0) is 12.1. The summed E-state index contributed by atoms with van der Waals surface area (Å²) in [6.07, 6.45) is 6.51. The molecule has 2 rings (SSSR count). The Bertz CT molecular complexity index is 352. The molecule has 0 atom stereocenters. The zero-order valence-electron chi connectivity index (χ0n) is 10.3. The normalized spacial score (nSPS) is 16.1. The van der Waals surface area contributed by atoms with E-state index >= 15 is 0 Å². The van der Waals surface area contributed by atoms with Crippen LogP contribution in [0.4, 0.5) is 11.6 Å². The van der Waals surface area contributed by atoms with Crippen LogP contribution < -0.4 is 10.2 Å². The third kappa shape index (κ3) is 2.85. The van der Waals surface area contributed by atoms with Gasteiger partial charge in [0.25, 0.3) is 0 Å².